The van der Waals surface area contributed by atoms with E-state index in [2.05, 4.69) is 31.9 Å². The van der Waals surface area contributed by atoms with E-state index in [0.29, 0.717) is 0 Å². The highest BCUT2D eigenvalue weighted by atomic mass is 79.9. The molecule has 0 radical (unpaired) electrons. The van der Waals surface area contributed by atoms with E-state index in [1.54, 1.807) is 7.11 Å². The van der Waals surface area contributed by atoms with Gasteiger partial charge in [-0.25, -0.2) is 0 Å². The Balaban J connectivity index is 2.31. The molecule has 1 nitrogen and oxygen atoms in total. The second-order valence-corrected chi connectivity index (χ2v) is 6.01. The maximum absolute atomic E-state index is 5.89. The van der Waals surface area contributed by atoms with Gasteiger partial charge in [0.15, 0.2) is 0 Å². The average Bonchev–Trinajstić information content (AvgIpc) is 2.38. The van der Waals surface area contributed by atoms with Gasteiger partial charge in [-0.15, -0.1) is 0 Å². The van der Waals surface area contributed by atoms with E-state index in [1.165, 1.54) is 0 Å². The summed E-state index contributed by atoms with van der Waals surface area (Å²) in [6.45, 7) is 0. The smallest absolute Gasteiger partial charge is 0.133 e. The van der Waals surface area contributed by atoms with Crippen LogP contribution in [0.1, 0.15) is 16.0 Å². The molecule has 0 aliphatic rings. The molecule has 18 heavy (non-hydrogen) atoms. The van der Waals surface area contributed by atoms with Crippen LogP contribution in [0, 0.1) is 0 Å². The van der Waals surface area contributed by atoms with Crippen molar-refractivity contribution in [3.05, 3.63) is 63.1 Å². The molecule has 0 fully saturated rings. The third kappa shape index (κ3) is 3.08. The Morgan fingerprint density at radius 2 is 1.67 bits per heavy atom. The van der Waals surface area contributed by atoms with E-state index in [1.807, 2.05) is 42.5 Å². The van der Waals surface area contributed by atoms with E-state index in [0.717, 1.165) is 26.4 Å². The molecule has 0 aliphatic heterocycles. The fourth-order valence-corrected chi connectivity index (χ4v) is 2.94. The number of ether oxygens (including phenoxy) is 1. The Morgan fingerprint density at radius 1 is 1.06 bits per heavy atom. The normalized spacial score (nSPS) is 12.2. The Morgan fingerprint density at radius 3 is 2.22 bits per heavy atom. The van der Waals surface area contributed by atoms with Gasteiger partial charge in [0.2, 0.25) is 0 Å². The number of rotatable bonds is 3. The van der Waals surface area contributed by atoms with Gasteiger partial charge in [-0.2, -0.15) is 0 Å². The summed E-state index contributed by atoms with van der Waals surface area (Å²) in [7, 11) is 1.66. The fourth-order valence-electron chi connectivity index (χ4n) is 1.66. The first-order chi connectivity index (χ1) is 8.61. The van der Waals surface area contributed by atoms with Crippen molar-refractivity contribution in [1.29, 1.82) is 0 Å². The lowest BCUT2D eigenvalue weighted by Gasteiger charge is -2.12. The second kappa shape index (κ2) is 6.09. The summed E-state index contributed by atoms with van der Waals surface area (Å²) in [6.07, 6.45) is 0. The van der Waals surface area contributed by atoms with Crippen LogP contribution in [-0.4, -0.2) is 7.11 Å². The molecule has 0 aliphatic carbocycles. The van der Waals surface area contributed by atoms with Gasteiger partial charge in [0.25, 0.3) is 0 Å². The zero-order chi connectivity index (χ0) is 13.1. The third-order valence-corrected chi connectivity index (χ3v) is 4.56. The molecule has 2 rings (SSSR count). The summed E-state index contributed by atoms with van der Waals surface area (Å²) in [4.78, 5) is 0.136. The summed E-state index contributed by atoms with van der Waals surface area (Å²) in [5.41, 5.74) is 2.32. The quantitative estimate of drug-likeness (QED) is 0.620. The van der Waals surface area contributed by atoms with Crippen LogP contribution in [-0.2, 0) is 0 Å². The van der Waals surface area contributed by atoms with Crippen LogP contribution < -0.4 is 4.74 Å². The minimum atomic E-state index is 0.136. The highest BCUT2D eigenvalue weighted by Crippen LogP contribution is 2.35. The second-order valence-electron chi connectivity index (χ2n) is 3.81. The molecule has 0 saturated carbocycles. The van der Waals surface area contributed by atoms with Crippen LogP contribution in [0.25, 0.3) is 0 Å². The molecule has 2 aromatic carbocycles. The molecule has 0 amide bonds. The first kappa shape index (κ1) is 13.9. The zero-order valence-electron chi connectivity index (χ0n) is 9.66. The topological polar surface area (TPSA) is 9.23 Å². The summed E-state index contributed by atoms with van der Waals surface area (Å²) in [5, 5.41) is 0.745. The number of methoxy groups -OCH3 is 1. The first-order valence-electron chi connectivity index (χ1n) is 5.35. The predicted octanol–water partition coefficient (Wildman–Crippen LogP) is 5.60. The number of halogens is 3. The Kier molecular flexibility index (Phi) is 4.71. The molecule has 0 N–H and O–H groups in total. The van der Waals surface area contributed by atoms with Gasteiger partial charge in [-0.1, -0.05) is 45.7 Å². The van der Waals surface area contributed by atoms with Crippen molar-refractivity contribution in [3.63, 3.8) is 0 Å². The highest BCUT2D eigenvalue weighted by molar-refractivity contribution is 9.10. The molecule has 0 spiro atoms. The first-order valence-corrected chi connectivity index (χ1v) is 7.43. The largest absolute Gasteiger partial charge is 0.496 e. The van der Waals surface area contributed by atoms with Crippen LogP contribution in [0.3, 0.4) is 0 Å². The number of alkyl halides is 1. The molecule has 94 valence electrons. The zero-order valence-corrected chi connectivity index (χ0v) is 13.6. The summed E-state index contributed by atoms with van der Waals surface area (Å²) in [6, 6.07) is 13.8. The van der Waals surface area contributed by atoms with Crippen molar-refractivity contribution in [2.24, 2.45) is 0 Å². The van der Waals surface area contributed by atoms with Gasteiger partial charge >= 0.3 is 0 Å². The molecule has 0 aromatic heterocycles. The minimum Gasteiger partial charge on any atom is -0.496 e. The third-order valence-electron chi connectivity index (χ3n) is 2.63. The van der Waals surface area contributed by atoms with Crippen molar-refractivity contribution < 1.29 is 4.74 Å². The van der Waals surface area contributed by atoms with Gasteiger partial charge < -0.3 is 4.74 Å². The van der Waals surface area contributed by atoms with E-state index in [-0.39, 0.29) is 4.83 Å². The molecule has 4 heteroatoms. The van der Waals surface area contributed by atoms with Crippen LogP contribution in [0.2, 0.25) is 5.02 Å². The molecule has 0 heterocycles. The van der Waals surface area contributed by atoms with E-state index >= 15 is 0 Å². The van der Waals surface area contributed by atoms with Crippen LogP contribution in [0.5, 0.6) is 5.75 Å². The van der Waals surface area contributed by atoms with Gasteiger partial charge in [-0.05, 0) is 51.3 Å². The van der Waals surface area contributed by atoms with Gasteiger partial charge in [-0.3, -0.25) is 0 Å². The molecule has 0 bridgehead atoms. The molecule has 1 unspecified atom stereocenters. The Labute approximate surface area is 128 Å². The van der Waals surface area contributed by atoms with Gasteiger partial charge in [0.05, 0.1) is 16.4 Å². The average molecular weight is 391 g/mol. The number of hydrogen-bond acceptors (Lipinski definition) is 1. The Hall–Kier alpha value is -0.510. The summed E-state index contributed by atoms with van der Waals surface area (Å²) < 4.78 is 6.17. The fraction of sp³-hybridized carbons (Fsp3) is 0.143. The lowest BCUT2D eigenvalue weighted by Crippen LogP contribution is -1.93. The highest BCUT2D eigenvalue weighted by Gasteiger charge is 2.12. The van der Waals surface area contributed by atoms with Crippen LogP contribution in [0.15, 0.2) is 46.9 Å². The lowest BCUT2D eigenvalue weighted by molar-refractivity contribution is 0.412. The summed E-state index contributed by atoms with van der Waals surface area (Å²) in [5.74, 6) is 0.828. The molecular formula is C14H11Br2ClO. The summed E-state index contributed by atoms with van der Waals surface area (Å²) >= 11 is 13.1. The van der Waals surface area contributed by atoms with E-state index in [9.17, 15) is 0 Å². The maximum atomic E-state index is 5.89. The maximum Gasteiger partial charge on any atom is 0.133 e. The molecule has 1 atom stereocenters. The van der Waals surface area contributed by atoms with Crippen LogP contribution >= 0.6 is 43.5 Å². The van der Waals surface area contributed by atoms with Gasteiger partial charge in [0.1, 0.15) is 5.75 Å². The van der Waals surface area contributed by atoms with E-state index in [4.69, 9.17) is 16.3 Å². The standard InChI is InChI=1S/C14H11Br2ClO/c1-18-13-7-4-10(8-12(13)15)14(16)9-2-5-11(17)6-3-9/h2-8,14H,1H3. The minimum absolute atomic E-state index is 0.136. The monoisotopic (exact) mass is 388 g/mol. The molecule has 2 aromatic rings. The van der Waals surface area contributed by atoms with Crippen molar-refractivity contribution >= 4 is 43.5 Å². The van der Waals surface area contributed by atoms with Gasteiger partial charge in [0, 0.05) is 5.02 Å². The van der Waals surface area contributed by atoms with Crippen molar-refractivity contribution in [2.75, 3.05) is 7.11 Å². The van der Waals surface area contributed by atoms with Crippen molar-refractivity contribution in [2.45, 2.75) is 4.83 Å². The number of hydrogen-bond donors (Lipinski definition) is 0. The molecular weight excluding hydrogens is 379 g/mol. The molecule has 0 saturated heterocycles. The Bertz CT molecular complexity index is 540. The van der Waals surface area contributed by atoms with Crippen LogP contribution in [0.4, 0.5) is 0 Å². The number of benzene rings is 2. The van der Waals surface area contributed by atoms with Crippen molar-refractivity contribution in [3.8, 4) is 5.75 Å². The SMILES string of the molecule is COc1ccc(C(Br)c2ccc(Cl)cc2)cc1Br. The lowest BCUT2D eigenvalue weighted by atomic mass is 10.0. The van der Waals surface area contributed by atoms with E-state index < -0.39 is 0 Å². The van der Waals surface area contributed by atoms with Crippen molar-refractivity contribution in [1.82, 2.24) is 0 Å². The predicted molar refractivity (Wildman–Crippen MR) is 82.9 cm³/mol.